The van der Waals surface area contributed by atoms with E-state index in [-0.39, 0.29) is 11.6 Å². The molecule has 1 aromatic heterocycles. The number of carbonyl (C=O) groups excluding carboxylic acids is 2. The summed E-state index contributed by atoms with van der Waals surface area (Å²) in [4.78, 5) is 23.3. The first-order valence-electron chi connectivity index (χ1n) is 6.40. The number of halogens is 1. The second kappa shape index (κ2) is 6.86. The number of esters is 1. The van der Waals surface area contributed by atoms with E-state index in [9.17, 15) is 14.0 Å². The van der Waals surface area contributed by atoms with Crippen molar-refractivity contribution in [1.82, 2.24) is 5.32 Å². The van der Waals surface area contributed by atoms with Crippen LogP contribution in [0.15, 0.2) is 40.8 Å². The van der Waals surface area contributed by atoms with Gasteiger partial charge in [0.05, 0.1) is 13.7 Å². The fourth-order valence-electron chi connectivity index (χ4n) is 1.78. The maximum atomic E-state index is 12.9. The Hall–Kier alpha value is -2.67. The fraction of sp³-hybridized carbons (Fsp3) is 0.200. The van der Waals surface area contributed by atoms with Gasteiger partial charge in [-0.2, -0.15) is 0 Å². The second-order valence-corrected chi connectivity index (χ2v) is 4.40. The minimum Gasteiger partial charge on any atom is -0.467 e. The number of hydrogen-bond donors (Lipinski definition) is 2. The average molecular weight is 307 g/mol. The number of hydrogen-bond acceptors (Lipinski definition) is 5. The predicted octanol–water partition coefficient (Wildman–Crippen LogP) is 1.35. The molecule has 7 heteroatoms. The molecule has 6 nitrogen and oxygen atoms in total. The number of benzene rings is 1. The van der Waals surface area contributed by atoms with Crippen LogP contribution in [0, 0.1) is 5.82 Å². The summed E-state index contributed by atoms with van der Waals surface area (Å²) in [6, 6.07) is 7.38. The molecule has 0 saturated heterocycles. The Labute approximate surface area is 125 Å². The van der Waals surface area contributed by atoms with Crippen LogP contribution in [0.1, 0.15) is 10.6 Å². The quantitative estimate of drug-likeness (QED) is 0.814. The van der Waals surface area contributed by atoms with Gasteiger partial charge < -0.3 is 19.6 Å². The summed E-state index contributed by atoms with van der Waals surface area (Å²) in [5.41, 5.74) is 0.604. The molecule has 2 rings (SSSR count). The number of ether oxygens (including phenoxy) is 1. The molecule has 1 heterocycles. The monoisotopic (exact) mass is 307 g/mol. The maximum absolute atomic E-state index is 12.9. The largest absolute Gasteiger partial charge is 0.467 e. The van der Waals surface area contributed by atoms with Crippen LogP contribution < -0.4 is 5.32 Å². The van der Waals surface area contributed by atoms with Crippen molar-refractivity contribution >= 4 is 11.9 Å². The Morgan fingerprint density at radius 2 is 1.95 bits per heavy atom. The molecule has 22 heavy (non-hydrogen) atoms. The van der Waals surface area contributed by atoms with Crippen LogP contribution in [0.2, 0.25) is 0 Å². The number of furan rings is 1. The molecule has 2 N–H and O–H groups in total. The van der Waals surface area contributed by atoms with Gasteiger partial charge in [-0.3, -0.25) is 4.79 Å². The zero-order chi connectivity index (χ0) is 16.1. The van der Waals surface area contributed by atoms with Gasteiger partial charge in [0.1, 0.15) is 11.6 Å². The van der Waals surface area contributed by atoms with Crippen LogP contribution >= 0.6 is 0 Å². The summed E-state index contributed by atoms with van der Waals surface area (Å²) < 4.78 is 22.7. The van der Waals surface area contributed by atoms with E-state index in [4.69, 9.17) is 9.52 Å². The third-order valence-electron chi connectivity index (χ3n) is 2.93. The third-order valence-corrected chi connectivity index (χ3v) is 2.93. The highest BCUT2D eigenvalue weighted by atomic mass is 19.1. The fourth-order valence-corrected chi connectivity index (χ4v) is 1.78. The number of nitrogens with one attached hydrogen (secondary N) is 1. The summed E-state index contributed by atoms with van der Waals surface area (Å²) in [7, 11) is 1.15. The molecule has 1 amide bonds. The van der Waals surface area contributed by atoms with Crippen LogP contribution in [-0.2, 0) is 9.53 Å². The molecule has 116 valence electrons. The molecule has 0 radical (unpaired) electrons. The van der Waals surface area contributed by atoms with E-state index in [1.807, 2.05) is 0 Å². The van der Waals surface area contributed by atoms with Gasteiger partial charge in [-0.15, -0.1) is 0 Å². The van der Waals surface area contributed by atoms with Gasteiger partial charge in [-0.1, -0.05) is 0 Å². The molecule has 1 aromatic carbocycles. The lowest BCUT2D eigenvalue weighted by Gasteiger charge is -2.12. The van der Waals surface area contributed by atoms with Crippen molar-refractivity contribution in [3.63, 3.8) is 0 Å². The summed E-state index contributed by atoms with van der Waals surface area (Å²) in [5.74, 6) is -1.47. The van der Waals surface area contributed by atoms with Crippen LogP contribution in [-0.4, -0.2) is 36.7 Å². The molecule has 0 fully saturated rings. The topological polar surface area (TPSA) is 88.8 Å². The van der Waals surface area contributed by atoms with Crippen LogP contribution in [0.4, 0.5) is 4.39 Å². The molecule has 0 spiro atoms. The highest BCUT2D eigenvalue weighted by Crippen LogP contribution is 2.22. The molecule has 2 aromatic rings. The Balaban J connectivity index is 2.12. The van der Waals surface area contributed by atoms with Crippen LogP contribution in [0.5, 0.6) is 0 Å². The minimum atomic E-state index is -1.17. The first-order chi connectivity index (χ1) is 10.5. The second-order valence-electron chi connectivity index (χ2n) is 4.40. The summed E-state index contributed by atoms with van der Waals surface area (Å²) >= 11 is 0. The van der Waals surface area contributed by atoms with Crippen molar-refractivity contribution in [2.75, 3.05) is 13.7 Å². The van der Waals surface area contributed by atoms with Gasteiger partial charge in [-0.05, 0) is 36.4 Å². The number of methoxy groups -OCH3 is 1. The van der Waals surface area contributed by atoms with E-state index >= 15 is 0 Å². The van der Waals surface area contributed by atoms with Crippen molar-refractivity contribution in [1.29, 1.82) is 0 Å². The standard InChI is InChI=1S/C15H14FNO5/c1-21-15(20)11(8-18)17-14(19)13-7-6-12(22-13)9-2-4-10(16)5-3-9/h2-7,11,18H,8H2,1H3,(H,17,19)/t11-/m0/s1. The van der Waals surface area contributed by atoms with E-state index in [0.29, 0.717) is 11.3 Å². The van der Waals surface area contributed by atoms with Gasteiger partial charge in [-0.25, -0.2) is 9.18 Å². The van der Waals surface area contributed by atoms with Crippen molar-refractivity contribution in [3.05, 3.63) is 48.0 Å². The molecule has 0 bridgehead atoms. The number of carbonyl (C=O) groups is 2. The van der Waals surface area contributed by atoms with Gasteiger partial charge in [0.15, 0.2) is 11.8 Å². The number of amides is 1. The molecule has 0 aliphatic carbocycles. The van der Waals surface area contributed by atoms with E-state index in [2.05, 4.69) is 10.1 Å². The summed E-state index contributed by atoms with van der Waals surface area (Å²) in [5, 5.41) is 11.3. The van der Waals surface area contributed by atoms with Gasteiger partial charge in [0.25, 0.3) is 5.91 Å². The zero-order valence-corrected chi connectivity index (χ0v) is 11.7. The Kier molecular flexibility index (Phi) is 4.90. The lowest BCUT2D eigenvalue weighted by molar-refractivity contribution is -0.143. The number of aliphatic hydroxyl groups excluding tert-OH is 1. The van der Waals surface area contributed by atoms with Gasteiger partial charge >= 0.3 is 5.97 Å². The van der Waals surface area contributed by atoms with Crippen molar-refractivity contribution in [3.8, 4) is 11.3 Å². The molecule has 0 saturated carbocycles. The first-order valence-corrected chi connectivity index (χ1v) is 6.40. The predicted molar refractivity (Wildman–Crippen MR) is 74.5 cm³/mol. The Bertz CT molecular complexity index is 665. The smallest absolute Gasteiger partial charge is 0.330 e. The zero-order valence-electron chi connectivity index (χ0n) is 11.7. The summed E-state index contributed by atoms with van der Waals surface area (Å²) in [6.45, 7) is -0.593. The normalized spacial score (nSPS) is 11.8. The van der Waals surface area contributed by atoms with Crippen LogP contribution in [0.3, 0.4) is 0 Å². The van der Waals surface area contributed by atoms with Crippen LogP contribution in [0.25, 0.3) is 11.3 Å². The molecule has 0 aliphatic heterocycles. The highest BCUT2D eigenvalue weighted by Gasteiger charge is 2.22. The van der Waals surface area contributed by atoms with E-state index in [1.54, 1.807) is 6.07 Å². The van der Waals surface area contributed by atoms with Crippen molar-refractivity contribution in [2.24, 2.45) is 0 Å². The molecule has 1 atom stereocenters. The first kappa shape index (κ1) is 15.7. The SMILES string of the molecule is COC(=O)[C@H](CO)NC(=O)c1ccc(-c2ccc(F)cc2)o1. The third kappa shape index (κ3) is 3.50. The summed E-state index contributed by atoms with van der Waals surface area (Å²) in [6.07, 6.45) is 0. The van der Waals surface area contributed by atoms with E-state index < -0.39 is 24.5 Å². The molecular weight excluding hydrogens is 293 g/mol. The van der Waals surface area contributed by atoms with Gasteiger partial charge in [0.2, 0.25) is 0 Å². The maximum Gasteiger partial charge on any atom is 0.330 e. The molecule has 0 unspecified atom stereocenters. The number of aliphatic hydroxyl groups is 1. The van der Waals surface area contributed by atoms with Crippen molar-refractivity contribution in [2.45, 2.75) is 6.04 Å². The van der Waals surface area contributed by atoms with E-state index in [1.165, 1.54) is 30.3 Å². The Morgan fingerprint density at radius 1 is 1.27 bits per heavy atom. The molecule has 0 aliphatic rings. The van der Waals surface area contributed by atoms with Gasteiger partial charge in [0, 0.05) is 5.56 Å². The lowest BCUT2D eigenvalue weighted by Crippen LogP contribution is -2.43. The Morgan fingerprint density at radius 3 is 2.55 bits per heavy atom. The number of rotatable bonds is 5. The lowest BCUT2D eigenvalue weighted by atomic mass is 10.2. The highest BCUT2D eigenvalue weighted by molar-refractivity contribution is 5.95. The van der Waals surface area contributed by atoms with Crippen molar-refractivity contribution < 1.29 is 28.2 Å². The molecular formula is C15H14FNO5. The minimum absolute atomic E-state index is 0.0401. The van der Waals surface area contributed by atoms with E-state index in [0.717, 1.165) is 7.11 Å². The average Bonchev–Trinajstić information content (AvgIpc) is 3.02.